The zero-order valence-corrected chi connectivity index (χ0v) is 10.5. The Labute approximate surface area is 106 Å². The van der Waals surface area contributed by atoms with Crippen molar-refractivity contribution in [3.8, 4) is 10.7 Å². The number of nitrogens with zero attached hydrogens (tertiary/aromatic N) is 1. The molecule has 2 heterocycles. The van der Waals surface area contributed by atoms with Gasteiger partial charge in [0.05, 0.1) is 12.0 Å². The van der Waals surface area contributed by atoms with Crippen molar-refractivity contribution in [3.63, 3.8) is 0 Å². The number of hydrogen-bond donors (Lipinski definition) is 2. The Bertz CT molecular complexity index is 614. The van der Waals surface area contributed by atoms with Gasteiger partial charge in [0.25, 0.3) is 0 Å². The molecule has 0 saturated heterocycles. The lowest BCUT2D eigenvalue weighted by atomic mass is 10.4. The Hall–Kier alpha value is -2.15. The lowest BCUT2D eigenvalue weighted by Crippen LogP contribution is -1.98. The molecule has 0 atom stereocenters. The number of carboxylic acids is 1. The van der Waals surface area contributed by atoms with E-state index in [2.05, 4.69) is 14.7 Å². The molecule has 6 nitrogen and oxygen atoms in total. The summed E-state index contributed by atoms with van der Waals surface area (Å²) in [5.41, 5.74) is 0.462. The fourth-order valence-electron chi connectivity index (χ4n) is 1.46. The number of H-pyrrole nitrogens is 1. The normalized spacial score (nSPS) is 10.3. The maximum atomic E-state index is 11.3. The molecule has 0 radical (unpaired) electrons. The highest BCUT2D eigenvalue weighted by Crippen LogP contribution is 2.27. The molecule has 2 rings (SSSR count). The van der Waals surface area contributed by atoms with E-state index in [9.17, 15) is 9.59 Å². The Morgan fingerprint density at radius 3 is 2.72 bits per heavy atom. The molecule has 0 amide bonds. The van der Waals surface area contributed by atoms with Crippen LogP contribution < -0.4 is 0 Å². The molecule has 0 bridgehead atoms. The topological polar surface area (TPSA) is 92.3 Å². The van der Waals surface area contributed by atoms with Crippen LogP contribution in [-0.4, -0.2) is 34.1 Å². The van der Waals surface area contributed by atoms with Gasteiger partial charge in [-0.3, -0.25) is 0 Å². The van der Waals surface area contributed by atoms with E-state index < -0.39 is 11.9 Å². The number of aromatic nitrogens is 2. The van der Waals surface area contributed by atoms with Gasteiger partial charge in [-0.05, 0) is 19.1 Å². The van der Waals surface area contributed by atoms with E-state index in [1.54, 1.807) is 19.1 Å². The highest BCUT2D eigenvalue weighted by molar-refractivity contribution is 7.17. The molecular formula is C11H10N2O4S. The van der Waals surface area contributed by atoms with E-state index in [-0.39, 0.29) is 5.69 Å². The van der Waals surface area contributed by atoms with E-state index in [1.165, 1.54) is 18.4 Å². The van der Waals surface area contributed by atoms with Gasteiger partial charge in [-0.15, -0.1) is 11.3 Å². The number of aromatic amines is 1. The van der Waals surface area contributed by atoms with Gasteiger partial charge in [-0.2, -0.15) is 0 Å². The van der Waals surface area contributed by atoms with Crippen LogP contribution in [0.1, 0.15) is 25.9 Å². The molecule has 0 aromatic carbocycles. The van der Waals surface area contributed by atoms with Crippen molar-refractivity contribution in [1.82, 2.24) is 9.97 Å². The van der Waals surface area contributed by atoms with Gasteiger partial charge in [-0.1, -0.05) is 0 Å². The van der Waals surface area contributed by atoms with Crippen LogP contribution in [0.25, 0.3) is 10.7 Å². The average molecular weight is 266 g/mol. The maximum Gasteiger partial charge on any atom is 0.356 e. The van der Waals surface area contributed by atoms with Gasteiger partial charge in [-0.25, -0.2) is 14.6 Å². The number of thiophene rings is 1. The number of carboxylic acid groups (broad SMARTS) is 1. The van der Waals surface area contributed by atoms with Crippen molar-refractivity contribution in [3.05, 3.63) is 28.4 Å². The number of imidazole rings is 1. The van der Waals surface area contributed by atoms with Crippen molar-refractivity contribution in [2.45, 2.75) is 6.92 Å². The first-order valence-electron chi connectivity index (χ1n) is 5.01. The Balaban J connectivity index is 2.37. The minimum absolute atomic E-state index is 0.0157. The summed E-state index contributed by atoms with van der Waals surface area (Å²) in [6, 6.07) is 3.31. The van der Waals surface area contributed by atoms with Crippen LogP contribution in [0, 0.1) is 6.92 Å². The molecule has 0 aliphatic rings. The van der Waals surface area contributed by atoms with E-state index in [0.29, 0.717) is 21.3 Å². The minimum Gasteiger partial charge on any atom is -0.476 e. The van der Waals surface area contributed by atoms with Crippen LogP contribution in [-0.2, 0) is 4.74 Å². The van der Waals surface area contributed by atoms with Gasteiger partial charge < -0.3 is 14.8 Å². The predicted octanol–water partition coefficient (Wildman–Crippen LogP) is 1.93. The molecule has 0 fully saturated rings. The van der Waals surface area contributed by atoms with Crippen LogP contribution in [0.15, 0.2) is 12.1 Å². The fourth-order valence-corrected chi connectivity index (χ4v) is 2.33. The zero-order valence-electron chi connectivity index (χ0n) is 9.68. The summed E-state index contributed by atoms with van der Waals surface area (Å²) in [6.45, 7) is 1.63. The molecular weight excluding hydrogens is 256 g/mol. The van der Waals surface area contributed by atoms with Gasteiger partial charge >= 0.3 is 11.9 Å². The number of hydrogen-bond acceptors (Lipinski definition) is 5. The third-order valence-corrected chi connectivity index (χ3v) is 3.39. The second kappa shape index (κ2) is 4.61. The van der Waals surface area contributed by atoms with Gasteiger partial charge in [0.2, 0.25) is 0 Å². The molecule has 7 heteroatoms. The third-order valence-electron chi connectivity index (χ3n) is 2.31. The highest BCUT2D eigenvalue weighted by atomic mass is 32.1. The van der Waals surface area contributed by atoms with Gasteiger partial charge in [0.15, 0.2) is 5.69 Å². The first-order chi connectivity index (χ1) is 8.52. The quantitative estimate of drug-likeness (QED) is 0.828. The molecule has 2 aromatic rings. The Morgan fingerprint density at radius 2 is 2.17 bits per heavy atom. The van der Waals surface area contributed by atoms with E-state index >= 15 is 0 Å². The van der Waals surface area contributed by atoms with E-state index in [4.69, 9.17) is 5.11 Å². The molecule has 0 aliphatic heterocycles. The zero-order chi connectivity index (χ0) is 13.3. The van der Waals surface area contributed by atoms with Gasteiger partial charge in [0, 0.05) is 5.69 Å². The summed E-state index contributed by atoms with van der Waals surface area (Å²) in [5, 5.41) is 8.90. The number of aryl methyl sites for hydroxylation is 1. The third kappa shape index (κ3) is 2.12. The smallest absolute Gasteiger partial charge is 0.356 e. The average Bonchev–Trinajstić information content (AvgIpc) is 2.93. The summed E-state index contributed by atoms with van der Waals surface area (Å²) in [6.07, 6.45) is 0. The molecule has 0 saturated carbocycles. The molecule has 2 N–H and O–H groups in total. The van der Waals surface area contributed by atoms with E-state index in [0.717, 1.165) is 0 Å². The van der Waals surface area contributed by atoms with Crippen molar-refractivity contribution < 1.29 is 19.4 Å². The Kier molecular flexibility index (Phi) is 3.15. The standard InChI is InChI=1S/C11H10N2O4S/c1-5-8(10(14)15)13-9(12-5)6-3-4-7(18-6)11(16)17-2/h3-4H,1-2H3,(H,12,13)(H,14,15). The largest absolute Gasteiger partial charge is 0.476 e. The Morgan fingerprint density at radius 1 is 1.44 bits per heavy atom. The lowest BCUT2D eigenvalue weighted by Gasteiger charge is -1.92. The summed E-state index contributed by atoms with van der Waals surface area (Å²) >= 11 is 1.19. The number of aromatic carboxylic acids is 1. The number of rotatable bonds is 3. The lowest BCUT2D eigenvalue weighted by molar-refractivity contribution is 0.0605. The van der Waals surface area contributed by atoms with E-state index in [1.807, 2.05) is 0 Å². The number of ether oxygens (including phenoxy) is 1. The van der Waals surface area contributed by atoms with Crippen LogP contribution in [0.4, 0.5) is 0 Å². The summed E-state index contributed by atoms with van der Waals surface area (Å²) in [5.74, 6) is -1.07. The number of esters is 1. The molecule has 0 unspecified atom stereocenters. The number of carbonyl (C=O) groups excluding carboxylic acids is 1. The molecule has 0 spiro atoms. The first-order valence-corrected chi connectivity index (χ1v) is 5.83. The van der Waals surface area contributed by atoms with Crippen LogP contribution in [0.3, 0.4) is 0 Å². The molecule has 94 valence electrons. The fraction of sp³-hybridized carbons (Fsp3) is 0.182. The molecule has 18 heavy (non-hydrogen) atoms. The second-order valence-corrected chi connectivity index (χ2v) is 4.60. The van der Waals surface area contributed by atoms with Crippen molar-refractivity contribution >= 4 is 23.3 Å². The molecule has 0 aliphatic carbocycles. The van der Waals surface area contributed by atoms with Crippen molar-refractivity contribution in [1.29, 1.82) is 0 Å². The van der Waals surface area contributed by atoms with Crippen LogP contribution in [0.5, 0.6) is 0 Å². The number of nitrogens with one attached hydrogen (secondary N) is 1. The van der Waals surface area contributed by atoms with Crippen molar-refractivity contribution in [2.75, 3.05) is 7.11 Å². The predicted molar refractivity (Wildman–Crippen MR) is 64.9 cm³/mol. The monoisotopic (exact) mass is 266 g/mol. The summed E-state index contributed by atoms with van der Waals surface area (Å²) in [4.78, 5) is 30.2. The molecule has 2 aromatic heterocycles. The minimum atomic E-state index is -1.08. The van der Waals surface area contributed by atoms with Gasteiger partial charge in [0.1, 0.15) is 10.7 Å². The van der Waals surface area contributed by atoms with Crippen molar-refractivity contribution in [2.24, 2.45) is 0 Å². The second-order valence-electron chi connectivity index (χ2n) is 3.52. The van der Waals surface area contributed by atoms with Crippen LogP contribution in [0.2, 0.25) is 0 Å². The summed E-state index contributed by atoms with van der Waals surface area (Å²) in [7, 11) is 1.31. The number of methoxy groups -OCH3 is 1. The number of carbonyl (C=O) groups is 2. The van der Waals surface area contributed by atoms with Crippen LogP contribution >= 0.6 is 11.3 Å². The SMILES string of the molecule is COC(=O)c1ccc(-c2nc(C(=O)O)c(C)[nH]2)s1. The highest BCUT2D eigenvalue weighted by Gasteiger charge is 2.17. The first kappa shape index (κ1) is 12.3. The maximum absolute atomic E-state index is 11.3. The summed E-state index contributed by atoms with van der Waals surface area (Å²) < 4.78 is 4.60.